The van der Waals surface area contributed by atoms with E-state index in [1.807, 2.05) is 0 Å². The van der Waals surface area contributed by atoms with E-state index in [-0.39, 0.29) is 5.69 Å². The summed E-state index contributed by atoms with van der Waals surface area (Å²) < 4.78 is 10.4. The summed E-state index contributed by atoms with van der Waals surface area (Å²) >= 11 is 1.19. The maximum Gasteiger partial charge on any atom is 0.362 e. The largest absolute Gasteiger partial charge is 0.461 e. The second-order valence-corrected chi connectivity index (χ2v) is 3.36. The van der Waals surface area contributed by atoms with Gasteiger partial charge in [0.2, 0.25) is 5.69 Å². The van der Waals surface area contributed by atoms with E-state index in [0.717, 1.165) is 0 Å². The molecule has 0 N–H and O–H groups in total. The van der Waals surface area contributed by atoms with Crippen LogP contribution in [0.3, 0.4) is 0 Å². The topological polar surface area (TPSA) is 69.4 Å². The molecule has 0 saturated carbocycles. The first-order valence-electron chi connectivity index (χ1n) is 4.09. The van der Waals surface area contributed by atoms with Gasteiger partial charge < -0.3 is 4.74 Å². The molecular formula is C7H8N4O2S. The van der Waals surface area contributed by atoms with Crippen LogP contribution in [0.25, 0.3) is 4.83 Å². The van der Waals surface area contributed by atoms with E-state index in [0.29, 0.717) is 17.3 Å². The molecule has 0 amide bonds. The molecular weight excluding hydrogens is 204 g/mol. The quantitative estimate of drug-likeness (QED) is 0.684. The molecule has 0 aromatic carbocycles. The molecule has 0 aliphatic rings. The number of ether oxygens (including phenoxy) is 1. The molecule has 2 aromatic rings. The summed E-state index contributed by atoms with van der Waals surface area (Å²) in [6.07, 6.45) is 0. The van der Waals surface area contributed by atoms with Crippen molar-refractivity contribution in [3.63, 3.8) is 0 Å². The third-order valence-corrected chi connectivity index (χ3v) is 2.56. The number of hydrogen-bond acceptors (Lipinski definition) is 6. The van der Waals surface area contributed by atoms with Crippen molar-refractivity contribution in [2.24, 2.45) is 0 Å². The Balaban J connectivity index is 2.47. The minimum atomic E-state index is -0.453. The third kappa shape index (κ3) is 1.25. The number of fused-ring (bicyclic) bond motifs is 1. The van der Waals surface area contributed by atoms with Gasteiger partial charge in [-0.25, -0.2) is 4.79 Å². The van der Waals surface area contributed by atoms with Crippen molar-refractivity contribution in [2.75, 3.05) is 6.61 Å². The smallest absolute Gasteiger partial charge is 0.362 e. The van der Waals surface area contributed by atoms with Crippen LogP contribution in [0.4, 0.5) is 0 Å². The molecule has 0 bridgehead atoms. The maximum absolute atomic E-state index is 11.4. The zero-order valence-corrected chi connectivity index (χ0v) is 8.54. The van der Waals surface area contributed by atoms with Crippen molar-refractivity contribution in [2.45, 2.75) is 13.8 Å². The van der Waals surface area contributed by atoms with E-state index in [9.17, 15) is 4.79 Å². The van der Waals surface area contributed by atoms with Gasteiger partial charge in [-0.2, -0.15) is 8.89 Å². The van der Waals surface area contributed by atoms with Crippen molar-refractivity contribution in [3.8, 4) is 0 Å². The van der Waals surface area contributed by atoms with Gasteiger partial charge in [0.05, 0.1) is 6.61 Å². The van der Waals surface area contributed by atoms with Gasteiger partial charge in [0.1, 0.15) is 5.82 Å². The molecule has 0 radical (unpaired) electrons. The van der Waals surface area contributed by atoms with Crippen LogP contribution in [0.5, 0.6) is 0 Å². The van der Waals surface area contributed by atoms with Gasteiger partial charge in [-0.15, -0.1) is 5.10 Å². The van der Waals surface area contributed by atoms with E-state index in [4.69, 9.17) is 4.74 Å². The number of carbonyl (C=O) groups excluding carboxylic acids is 1. The van der Waals surface area contributed by atoms with E-state index in [2.05, 4.69) is 14.7 Å². The Morgan fingerprint density at radius 2 is 2.43 bits per heavy atom. The van der Waals surface area contributed by atoms with Gasteiger partial charge in [-0.05, 0) is 25.4 Å². The number of rotatable bonds is 2. The fraction of sp³-hybridized carbons (Fsp3) is 0.429. The highest BCUT2D eigenvalue weighted by molar-refractivity contribution is 7.12. The highest BCUT2D eigenvalue weighted by Gasteiger charge is 2.18. The first kappa shape index (κ1) is 9.07. The van der Waals surface area contributed by atoms with Gasteiger partial charge in [0, 0.05) is 0 Å². The Labute approximate surface area is 83.7 Å². The highest BCUT2D eigenvalue weighted by atomic mass is 32.1. The number of aromatic nitrogens is 4. The lowest BCUT2D eigenvalue weighted by atomic mass is 10.5. The van der Waals surface area contributed by atoms with E-state index < -0.39 is 5.97 Å². The molecule has 0 unspecified atom stereocenters. The van der Waals surface area contributed by atoms with Crippen LogP contribution < -0.4 is 0 Å². The summed E-state index contributed by atoms with van der Waals surface area (Å²) in [5.74, 6) is 0.263. The Kier molecular flexibility index (Phi) is 2.16. The molecule has 2 heterocycles. The molecule has 6 nitrogen and oxygen atoms in total. The molecule has 74 valence electrons. The van der Waals surface area contributed by atoms with E-state index >= 15 is 0 Å². The van der Waals surface area contributed by atoms with Crippen LogP contribution in [0.1, 0.15) is 23.2 Å². The molecule has 7 heteroatoms. The Morgan fingerprint density at radius 3 is 3.14 bits per heavy atom. The number of carbonyl (C=O) groups is 1. The molecule has 2 rings (SSSR count). The molecule has 0 atom stereocenters. The fourth-order valence-corrected chi connectivity index (χ4v) is 1.79. The van der Waals surface area contributed by atoms with Crippen LogP contribution in [0.2, 0.25) is 0 Å². The van der Waals surface area contributed by atoms with Gasteiger partial charge in [0.15, 0.2) is 4.83 Å². The van der Waals surface area contributed by atoms with Crippen molar-refractivity contribution >= 4 is 22.3 Å². The van der Waals surface area contributed by atoms with Gasteiger partial charge >= 0.3 is 5.97 Å². The average molecular weight is 212 g/mol. The monoisotopic (exact) mass is 212 g/mol. The van der Waals surface area contributed by atoms with Crippen molar-refractivity contribution in [1.29, 1.82) is 0 Å². The number of esters is 1. The zero-order chi connectivity index (χ0) is 10.1. The molecule has 0 spiro atoms. The third-order valence-electron chi connectivity index (χ3n) is 1.67. The predicted octanol–water partition coefficient (Wildman–Crippen LogP) is 0.671. The van der Waals surface area contributed by atoms with Gasteiger partial charge in [-0.1, -0.05) is 5.21 Å². The summed E-state index contributed by atoms with van der Waals surface area (Å²) in [5.41, 5.74) is 0.234. The lowest BCUT2D eigenvalue weighted by Gasteiger charge is -1.94. The molecule has 2 aromatic heterocycles. The first-order valence-corrected chi connectivity index (χ1v) is 4.86. The van der Waals surface area contributed by atoms with Crippen molar-refractivity contribution < 1.29 is 9.53 Å². The first-order chi connectivity index (χ1) is 6.74. The summed E-state index contributed by atoms with van der Waals surface area (Å²) in [6.45, 7) is 3.87. The van der Waals surface area contributed by atoms with Crippen LogP contribution in [-0.4, -0.2) is 31.8 Å². The Hall–Kier alpha value is -1.50. The molecule has 0 saturated heterocycles. The minimum Gasteiger partial charge on any atom is -0.461 e. The zero-order valence-electron chi connectivity index (χ0n) is 7.72. The second-order valence-electron chi connectivity index (χ2n) is 2.61. The fourth-order valence-electron chi connectivity index (χ4n) is 1.04. The van der Waals surface area contributed by atoms with Crippen LogP contribution in [0.15, 0.2) is 0 Å². The molecule has 0 fully saturated rings. The maximum atomic E-state index is 11.4. The predicted molar refractivity (Wildman–Crippen MR) is 49.4 cm³/mol. The van der Waals surface area contributed by atoms with Gasteiger partial charge in [0.25, 0.3) is 0 Å². The highest BCUT2D eigenvalue weighted by Crippen LogP contribution is 2.15. The number of aryl methyl sites for hydroxylation is 1. The lowest BCUT2D eigenvalue weighted by molar-refractivity contribution is 0.0522. The second kappa shape index (κ2) is 3.33. The van der Waals surface area contributed by atoms with Crippen molar-refractivity contribution in [1.82, 2.24) is 19.2 Å². The standard InChI is InChI=1S/C7H8N4O2S/c1-3-13-7(12)5-6-11(10-8-5)4(2)9-14-6/h3H2,1-2H3. The van der Waals surface area contributed by atoms with E-state index in [1.54, 1.807) is 13.8 Å². The summed E-state index contributed by atoms with van der Waals surface area (Å²) in [6, 6.07) is 0. The Bertz CT molecular complexity index is 475. The lowest BCUT2D eigenvalue weighted by Crippen LogP contribution is -2.05. The Morgan fingerprint density at radius 1 is 1.64 bits per heavy atom. The minimum absolute atomic E-state index is 0.234. The number of nitrogens with zero attached hydrogens (tertiary/aromatic N) is 4. The molecule has 0 aliphatic carbocycles. The number of hydrogen-bond donors (Lipinski definition) is 0. The molecule has 0 aliphatic heterocycles. The van der Waals surface area contributed by atoms with Crippen LogP contribution in [0, 0.1) is 6.92 Å². The average Bonchev–Trinajstić information content (AvgIpc) is 2.69. The normalized spacial score (nSPS) is 10.7. The van der Waals surface area contributed by atoms with Crippen molar-refractivity contribution in [3.05, 3.63) is 11.5 Å². The van der Waals surface area contributed by atoms with Gasteiger partial charge in [-0.3, -0.25) is 0 Å². The summed E-state index contributed by atoms with van der Waals surface area (Å²) in [7, 11) is 0. The van der Waals surface area contributed by atoms with E-state index in [1.165, 1.54) is 16.0 Å². The summed E-state index contributed by atoms with van der Waals surface area (Å²) in [4.78, 5) is 12.0. The summed E-state index contributed by atoms with van der Waals surface area (Å²) in [5, 5.41) is 7.54. The molecule has 14 heavy (non-hydrogen) atoms. The van der Waals surface area contributed by atoms with Crippen LogP contribution >= 0.6 is 11.5 Å². The van der Waals surface area contributed by atoms with Crippen LogP contribution in [-0.2, 0) is 4.74 Å². The SMILES string of the molecule is CCOC(=O)c1nnn2c(C)nsc12.